The minimum Gasteiger partial charge on any atom is -0.493 e. The summed E-state index contributed by atoms with van der Waals surface area (Å²) in [6.45, 7) is 6.17. The quantitative estimate of drug-likeness (QED) is 0.769. The van der Waals surface area contributed by atoms with Crippen LogP contribution in [-0.4, -0.2) is 17.4 Å². The minimum absolute atomic E-state index is 0.0390. The SMILES string of the molecule is CCCOc1ccccc1-c1ccc(C(C)=O)c(C)n1. The first-order chi connectivity index (χ1) is 9.63. The van der Waals surface area contributed by atoms with Crippen LogP contribution >= 0.6 is 0 Å². The Bertz CT molecular complexity index is 620. The maximum Gasteiger partial charge on any atom is 0.161 e. The second-order valence-corrected chi connectivity index (χ2v) is 4.73. The van der Waals surface area contributed by atoms with Gasteiger partial charge < -0.3 is 4.74 Å². The number of carbonyl (C=O) groups is 1. The van der Waals surface area contributed by atoms with Gasteiger partial charge in [0, 0.05) is 16.8 Å². The minimum atomic E-state index is 0.0390. The van der Waals surface area contributed by atoms with Crippen LogP contribution in [0.1, 0.15) is 36.3 Å². The molecule has 0 atom stereocenters. The lowest BCUT2D eigenvalue weighted by Gasteiger charge is -2.11. The average molecular weight is 269 g/mol. The Morgan fingerprint density at radius 1 is 1.20 bits per heavy atom. The summed E-state index contributed by atoms with van der Waals surface area (Å²) in [5, 5.41) is 0. The van der Waals surface area contributed by atoms with E-state index in [1.165, 1.54) is 0 Å². The highest BCUT2D eigenvalue weighted by Gasteiger charge is 2.10. The molecule has 0 saturated heterocycles. The molecule has 3 nitrogen and oxygen atoms in total. The molecule has 1 aromatic heterocycles. The van der Waals surface area contributed by atoms with Gasteiger partial charge in [-0.25, -0.2) is 0 Å². The number of ketones is 1. The molecule has 0 spiro atoms. The van der Waals surface area contributed by atoms with E-state index in [0.29, 0.717) is 12.2 Å². The molecule has 0 radical (unpaired) electrons. The molecule has 0 N–H and O–H groups in total. The highest BCUT2D eigenvalue weighted by atomic mass is 16.5. The Hall–Kier alpha value is -2.16. The van der Waals surface area contributed by atoms with Crippen molar-refractivity contribution in [2.45, 2.75) is 27.2 Å². The molecule has 0 aliphatic heterocycles. The second-order valence-electron chi connectivity index (χ2n) is 4.73. The molecule has 3 heteroatoms. The third-order valence-electron chi connectivity index (χ3n) is 3.09. The van der Waals surface area contributed by atoms with Crippen LogP contribution in [0.5, 0.6) is 5.75 Å². The zero-order valence-corrected chi connectivity index (χ0v) is 12.1. The lowest BCUT2D eigenvalue weighted by Crippen LogP contribution is -2.01. The van der Waals surface area contributed by atoms with Crippen LogP contribution in [0.15, 0.2) is 36.4 Å². The number of para-hydroxylation sites is 1. The molecule has 0 aliphatic carbocycles. The highest BCUT2D eigenvalue weighted by Crippen LogP contribution is 2.29. The molecule has 0 amide bonds. The van der Waals surface area contributed by atoms with E-state index in [0.717, 1.165) is 29.1 Å². The number of hydrogen-bond acceptors (Lipinski definition) is 3. The molecular weight excluding hydrogens is 250 g/mol. The molecule has 0 saturated carbocycles. The Morgan fingerprint density at radius 3 is 2.60 bits per heavy atom. The third kappa shape index (κ3) is 3.05. The first kappa shape index (κ1) is 14.3. The van der Waals surface area contributed by atoms with Crippen LogP contribution in [0.4, 0.5) is 0 Å². The first-order valence-corrected chi connectivity index (χ1v) is 6.84. The number of aryl methyl sites for hydroxylation is 1. The van der Waals surface area contributed by atoms with E-state index in [1.54, 1.807) is 6.92 Å². The first-order valence-electron chi connectivity index (χ1n) is 6.84. The number of rotatable bonds is 5. The van der Waals surface area contributed by atoms with Crippen molar-refractivity contribution in [2.24, 2.45) is 0 Å². The van der Waals surface area contributed by atoms with Crippen molar-refractivity contribution in [3.8, 4) is 17.0 Å². The van der Waals surface area contributed by atoms with Gasteiger partial charge in [0.1, 0.15) is 5.75 Å². The normalized spacial score (nSPS) is 10.3. The highest BCUT2D eigenvalue weighted by molar-refractivity contribution is 5.95. The van der Waals surface area contributed by atoms with Crippen LogP contribution in [0, 0.1) is 6.92 Å². The molecule has 20 heavy (non-hydrogen) atoms. The summed E-state index contributed by atoms with van der Waals surface area (Å²) in [7, 11) is 0. The number of nitrogens with zero attached hydrogens (tertiary/aromatic N) is 1. The van der Waals surface area contributed by atoms with Crippen molar-refractivity contribution in [3.05, 3.63) is 47.7 Å². The number of carbonyl (C=O) groups excluding carboxylic acids is 1. The monoisotopic (exact) mass is 269 g/mol. The molecule has 0 bridgehead atoms. The molecule has 1 heterocycles. The zero-order valence-electron chi connectivity index (χ0n) is 12.1. The number of ether oxygens (including phenoxy) is 1. The van der Waals surface area contributed by atoms with Crippen LogP contribution in [0.25, 0.3) is 11.3 Å². The number of benzene rings is 1. The van der Waals surface area contributed by atoms with Crippen LogP contribution in [0.3, 0.4) is 0 Å². The maximum absolute atomic E-state index is 11.5. The number of Topliss-reactive ketones (excluding diaryl/α,β-unsaturated/α-hetero) is 1. The summed E-state index contributed by atoms with van der Waals surface area (Å²) in [5.41, 5.74) is 3.21. The van der Waals surface area contributed by atoms with E-state index in [1.807, 2.05) is 43.3 Å². The molecule has 2 rings (SSSR count). The largest absolute Gasteiger partial charge is 0.493 e. The van der Waals surface area contributed by atoms with Crippen LogP contribution in [0.2, 0.25) is 0 Å². The van der Waals surface area contributed by atoms with Gasteiger partial charge in [-0.15, -0.1) is 0 Å². The lowest BCUT2D eigenvalue weighted by molar-refractivity contribution is 0.101. The van der Waals surface area contributed by atoms with E-state index >= 15 is 0 Å². The van der Waals surface area contributed by atoms with E-state index in [2.05, 4.69) is 11.9 Å². The van der Waals surface area contributed by atoms with E-state index < -0.39 is 0 Å². The van der Waals surface area contributed by atoms with Gasteiger partial charge in [-0.05, 0) is 44.5 Å². The van der Waals surface area contributed by atoms with E-state index in [-0.39, 0.29) is 5.78 Å². The van der Waals surface area contributed by atoms with Gasteiger partial charge in [0.25, 0.3) is 0 Å². The summed E-state index contributed by atoms with van der Waals surface area (Å²) >= 11 is 0. The van der Waals surface area contributed by atoms with Crippen LogP contribution < -0.4 is 4.74 Å². The molecule has 104 valence electrons. The Balaban J connectivity index is 2.41. The van der Waals surface area contributed by atoms with Gasteiger partial charge in [-0.3, -0.25) is 9.78 Å². The molecule has 1 aromatic carbocycles. The standard InChI is InChI=1S/C17H19NO2/c1-4-11-20-17-8-6-5-7-15(17)16-10-9-14(13(3)19)12(2)18-16/h5-10H,4,11H2,1-3H3. The fraction of sp³-hybridized carbons (Fsp3) is 0.294. The van der Waals surface area contributed by atoms with Crippen LogP contribution in [-0.2, 0) is 0 Å². The number of hydrogen-bond donors (Lipinski definition) is 0. The predicted octanol–water partition coefficient (Wildman–Crippen LogP) is 4.05. The molecule has 2 aromatic rings. The van der Waals surface area contributed by atoms with Gasteiger partial charge in [0.15, 0.2) is 5.78 Å². The fourth-order valence-corrected chi connectivity index (χ4v) is 2.10. The maximum atomic E-state index is 11.5. The zero-order chi connectivity index (χ0) is 14.5. The Labute approximate surface area is 119 Å². The third-order valence-corrected chi connectivity index (χ3v) is 3.09. The van der Waals surface area contributed by atoms with Gasteiger partial charge in [-0.1, -0.05) is 19.1 Å². The molecule has 0 fully saturated rings. The van der Waals surface area contributed by atoms with Crippen molar-refractivity contribution in [3.63, 3.8) is 0 Å². The van der Waals surface area contributed by atoms with Crippen molar-refractivity contribution >= 4 is 5.78 Å². The number of pyridine rings is 1. The van der Waals surface area contributed by atoms with Gasteiger partial charge >= 0.3 is 0 Å². The predicted molar refractivity (Wildman–Crippen MR) is 80.2 cm³/mol. The van der Waals surface area contributed by atoms with E-state index in [9.17, 15) is 4.79 Å². The van der Waals surface area contributed by atoms with Gasteiger partial charge in [0.05, 0.1) is 12.3 Å². The lowest BCUT2D eigenvalue weighted by atomic mass is 10.1. The molecule has 0 aliphatic rings. The van der Waals surface area contributed by atoms with Gasteiger partial charge in [0.2, 0.25) is 0 Å². The summed E-state index contributed by atoms with van der Waals surface area (Å²) in [6, 6.07) is 11.5. The number of aromatic nitrogens is 1. The summed E-state index contributed by atoms with van der Waals surface area (Å²) in [5.74, 6) is 0.869. The van der Waals surface area contributed by atoms with Crippen molar-refractivity contribution in [2.75, 3.05) is 6.61 Å². The Kier molecular flexibility index (Phi) is 4.51. The second kappa shape index (κ2) is 6.33. The van der Waals surface area contributed by atoms with Crippen molar-refractivity contribution in [1.82, 2.24) is 4.98 Å². The van der Waals surface area contributed by atoms with E-state index in [4.69, 9.17) is 4.74 Å². The summed E-state index contributed by atoms with van der Waals surface area (Å²) in [6.07, 6.45) is 0.962. The molecular formula is C17H19NO2. The van der Waals surface area contributed by atoms with Gasteiger partial charge in [-0.2, -0.15) is 0 Å². The smallest absolute Gasteiger partial charge is 0.161 e. The van der Waals surface area contributed by atoms with Crippen molar-refractivity contribution in [1.29, 1.82) is 0 Å². The molecule has 0 unspecified atom stereocenters. The fourth-order valence-electron chi connectivity index (χ4n) is 2.10. The Morgan fingerprint density at radius 2 is 1.95 bits per heavy atom. The average Bonchev–Trinajstić information content (AvgIpc) is 2.45. The summed E-state index contributed by atoms with van der Waals surface area (Å²) in [4.78, 5) is 16.0. The van der Waals surface area contributed by atoms with Crippen molar-refractivity contribution < 1.29 is 9.53 Å². The topological polar surface area (TPSA) is 39.2 Å². The summed E-state index contributed by atoms with van der Waals surface area (Å²) < 4.78 is 5.75.